The van der Waals surface area contributed by atoms with Gasteiger partial charge in [-0.05, 0) is 50.9 Å². The van der Waals surface area contributed by atoms with E-state index < -0.39 is 0 Å². The molecule has 1 aromatic rings. The lowest BCUT2D eigenvalue weighted by atomic mass is 10.3. The number of rotatable bonds is 6. The summed E-state index contributed by atoms with van der Waals surface area (Å²) in [5.41, 5.74) is 5.01. The van der Waals surface area contributed by atoms with E-state index in [-0.39, 0.29) is 5.91 Å². The van der Waals surface area contributed by atoms with Crippen LogP contribution in [0.25, 0.3) is 0 Å². The van der Waals surface area contributed by atoms with E-state index >= 15 is 0 Å². The smallest absolute Gasteiger partial charge is 0.217 e. The number of carbonyl (C=O) groups is 1. The largest absolute Gasteiger partial charge is 0.452 e. The van der Waals surface area contributed by atoms with Crippen LogP contribution in [0.5, 0.6) is 0 Å². The summed E-state index contributed by atoms with van der Waals surface area (Å²) < 4.78 is 6.95. The van der Waals surface area contributed by atoms with Crippen LogP contribution >= 0.6 is 31.9 Å². The number of nitrogens with two attached hydrogens (primary N) is 1. The van der Waals surface area contributed by atoms with Gasteiger partial charge in [-0.15, -0.1) is 0 Å². The van der Waals surface area contributed by atoms with Gasteiger partial charge in [0, 0.05) is 6.42 Å². The van der Waals surface area contributed by atoms with E-state index in [0.717, 1.165) is 23.2 Å². The lowest BCUT2D eigenvalue weighted by molar-refractivity contribution is -0.118. The second-order valence-electron chi connectivity index (χ2n) is 3.08. The first-order valence-corrected chi connectivity index (χ1v) is 6.11. The Morgan fingerprint density at radius 2 is 2.27 bits per heavy atom. The minimum atomic E-state index is -0.264. The fourth-order valence-electron chi connectivity index (χ4n) is 1.08. The van der Waals surface area contributed by atoms with Crippen LogP contribution in [0.4, 0.5) is 0 Å². The Balaban J connectivity index is 2.18. The van der Waals surface area contributed by atoms with E-state index in [2.05, 4.69) is 37.2 Å². The van der Waals surface area contributed by atoms with Crippen LogP contribution in [-0.4, -0.2) is 12.5 Å². The van der Waals surface area contributed by atoms with Gasteiger partial charge in [0.15, 0.2) is 4.67 Å². The van der Waals surface area contributed by atoms with Crippen molar-refractivity contribution in [3.05, 3.63) is 21.0 Å². The number of halogens is 2. The number of carbonyl (C=O) groups excluding carboxylic acids is 1. The van der Waals surface area contributed by atoms with Crippen LogP contribution in [0.1, 0.15) is 18.6 Å². The first-order chi connectivity index (χ1) is 7.09. The predicted molar refractivity (Wildman–Crippen MR) is 64.2 cm³/mol. The van der Waals surface area contributed by atoms with Gasteiger partial charge in [-0.2, -0.15) is 0 Å². The fourth-order valence-corrected chi connectivity index (χ4v) is 1.74. The van der Waals surface area contributed by atoms with Gasteiger partial charge < -0.3 is 15.5 Å². The molecule has 0 saturated carbocycles. The van der Waals surface area contributed by atoms with Gasteiger partial charge in [-0.3, -0.25) is 4.79 Å². The van der Waals surface area contributed by atoms with Crippen molar-refractivity contribution in [2.24, 2.45) is 5.73 Å². The van der Waals surface area contributed by atoms with E-state index in [1.54, 1.807) is 0 Å². The number of hydrogen-bond acceptors (Lipinski definition) is 3. The summed E-state index contributed by atoms with van der Waals surface area (Å²) in [6.07, 6.45) is 1.16. The van der Waals surface area contributed by atoms with Gasteiger partial charge in [0.1, 0.15) is 5.76 Å². The van der Waals surface area contributed by atoms with Gasteiger partial charge in [0.05, 0.1) is 11.0 Å². The second kappa shape index (κ2) is 6.30. The average molecular weight is 340 g/mol. The lowest BCUT2D eigenvalue weighted by Crippen LogP contribution is -2.17. The summed E-state index contributed by atoms with van der Waals surface area (Å²) in [7, 11) is 0. The maximum atomic E-state index is 10.4. The summed E-state index contributed by atoms with van der Waals surface area (Å²) in [6, 6.07) is 1.89. The molecule has 0 radical (unpaired) electrons. The summed E-state index contributed by atoms with van der Waals surface area (Å²) in [4.78, 5) is 10.4. The molecule has 0 bridgehead atoms. The zero-order valence-corrected chi connectivity index (χ0v) is 11.2. The van der Waals surface area contributed by atoms with Gasteiger partial charge in [-0.1, -0.05) is 0 Å². The molecule has 0 saturated heterocycles. The highest BCUT2D eigenvalue weighted by atomic mass is 79.9. The quantitative estimate of drug-likeness (QED) is 0.780. The molecule has 0 fully saturated rings. The van der Waals surface area contributed by atoms with Gasteiger partial charge in [0.2, 0.25) is 5.91 Å². The number of nitrogens with one attached hydrogen (secondary N) is 1. The Hall–Kier alpha value is -0.330. The third kappa shape index (κ3) is 4.81. The lowest BCUT2D eigenvalue weighted by Gasteiger charge is -2.00. The summed E-state index contributed by atoms with van der Waals surface area (Å²) in [5.74, 6) is 0.577. The van der Waals surface area contributed by atoms with Crippen molar-refractivity contribution in [1.29, 1.82) is 0 Å². The van der Waals surface area contributed by atoms with Crippen molar-refractivity contribution in [2.75, 3.05) is 6.54 Å². The molecule has 0 aromatic carbocycles. The maximum absolute atomic E-state index is 10.4. The highest BCUT2D eigenvalue weighted by molar-refractivity contribution is 9.13. The Labute approximate surface area is 105 Å². The van der Waals surface area contributed by atoms with Crippen LogP contribution in [0.2, 0.25) is 0 Å². The Kier molecular flexibility index (Phi) is 5.35. The molecule has 6 heteroatoms. The molecule has 1 rings (SSSR count). The van der Waals surface area contributed by atoms with Crippen LogP contribution < -0.4 is 11.1 Å². The van der Waals surface area contributed by atoms with Gasteiger partial charge >= 0.3 is 0 Å². The molecule has 3 N–H and O–H groups in total. The zero-order valence-electron chi connectivity index (χ0n) is 8.06. The van der Waals surface area contributed by atoms with Crippen LogP contribution in [0.3, 0.4) is 0 Å². The van der Waals surface area contributed by atoms with Gasteiger partial charge in [0.25, 0.3) is 0 Å². The molecule has 0 aliphatic heterocycles. The maximum Gasteiger partial charge on any atom is 0.217 e. The molecule has 0 aliphatic rings. The van der Waals surface area contributed by atoms with Crippen LogP contribution in [0.15, 0.2) is 19.6 Å². The van der Waals surface area contributed by atoms with Crippen molar-refractivity contribution in [3.63, 3.8) is 0 Å². The molecule has 0 unspecified atom stereocenters. The van der Waals surface area contributed by atoms with Crippen LogP contribution in [-0.2, 0) is 11.3 Å². The molecule has 1 heterocycles. The Morgan fingerprint density at radius 1 is 1.53 bits per heavy atom. The first-order valence-electron chi connectivity index (χ1n) is 4.52. The molecule has 0 atom stereocenters. The molecule has 84 valence electrons. The minimum absolute atomic E-state index is 0.264. The highest BCUT2D eigenvalue weighted by Crippen LogP contribution is 2.26. The van der Waals surface area contributed by atoms with Crippen molar-refractivity contribution in [2.45, 2.75) is 19.4 Å². The SMILES string of the molecule is NC(=O)CCCNCc1cc(Br)c(Br)o1. The average Bonchev–Trinajstić information content (AvgIpc) is 2.45. The van der Waals surface area contributed by atoms with Crippen molar-refractivity contribution < 1.29 is 9.21 Å². The topological polar surface area (TPSA) is 68.3 Å². The molecule has 0 spiro atoms. The molecular formula is C9H12Br2N2O2. The van der Waals surface area contributed by atoms with E-state index in [0.29, 0.717) is 17.6 Å². The zero-order chi connectivity index (χ0) is 11.3. The molecular weight excluding hydrogens is 328 g/mol. The fraction of sp³-hybridized carbons (Fsp3) is 0.444. The van der Waals surface area contributed by atoms with Crippen LogP contribution in [0, 0.1) is 0 Å². The Morgan fingerprint density at radius 3 is 2.80 bits per heavy atom. The number of amides is 1. The monoisotopic (exact) mass is 338 g/mol. The summed E-state index contributed by atoms with van der Waals surface area (Å²) in [6.45, 7) is 1.39. The standard InChI is InChI=1S/C9H12Br2N2O2/c10-7-4-6(15-9(7)11)5-13-3-1-2-8(12)14/h4,13H,1-3,5H2,(H2,12,14). The minimum Gasteiger partial charge on any atom is -0.452 e. The number of furan rings is 1. The highest BCUT2D eigenvalue weighted by Gasteiger charge is 2.05. The third-order valence-electron chi connectivity index (χ3n) is 1.77. The molecule has 1 aromatic heterocycles. The van der Waals surface area contributed by atoms with Crippen molar-refractivity contribution in [3.8, 4) is 0 Å². The van der Waals surface area contributed by atoms with E-state index in [1.807, 2.05) is 6.07 Å². The normalized spacial score (nSPS) is 10.5. The second-order valence-corrected chi connectivity index (χ2v) is 4.66. The third-order valence-corrected chi connectivity index (χ3v) is 3.48. The molecule has 15 heavy (non-hydrogen) atoms. The van der Waals surface area contributed by atoms with Crippen molar-refractivity contribution in [1.82, 2.24) is 5.32 Å². The number of primary amides is 1. The van der Waals surface area contributed by atoms with E-state index in [1.165, 1.54) is 0 Å². The first kappa shape index (κ1) is 12.7. The van der Waals surface area contributed by atoms with E-state index in [9.17, 15) is 4.79 Å². The molecule has 0 aliphatic carbocycles. The number of hydrogen-bond donors (Lipinski definition) is 2. The van der Waals surface area contributed by atoms with Gasteiger partial charge in [-0.25, -0.2) is 0 Å². The van der Waals surface area contributed by atoms with E-state index in [4.69, 9.17) is 10.2 Å². The van der Waals surface area contributed by atoms with Crippen molar-refractivity contribution >= 4 is 37.8 Å². The summed E-state index contributed by atoms with van der Waals surface area (Å²) >= 11 is 6.58. The predicted octanol–water partition coefficient (Wildman–Crippen LogP) is 2.16. The summed E-state index contributed by atoms with van der Waals surface area (Å²) in [5, 5.41) is 3.15. The molecule has 1 amide bonds. The molecule has 4 nitrogen and oxygen atoms in total. The Bertz CT molecular complexity index is 319.